The maximum atomic E-state index is 9.53. The van der Waals surface area contributed by atoms with Crippen LogP contribution in [0.15, 0.2) is 18.2 Å². The molecule has 0 atom stereocenters. The minimum atomic E-state index is 0.285. The highest BCUT2D eigenvalue weighted by atomic mass is 16.6. The van der Waals surface area contributed by atoms with Gasteiger partial charge in [-0.3, -0.25) is 0 Å². The Morgan fingerprint density at radius 2 is 2.14 bits per heavy atom. The van der Waals surface area contributed by atoms with Crippen LogP contribution in [0.1, 0.15) is 5.56 Å². The van der Waals surface area contributed by atoms with Crippen molar-refractivity contribution >= 4 is 5.69 Å². The van der Waals surface area contributed by atoms with Gasteiger partial charge in [0.25, 0.3) is 0 Å². The zero-order chi connectivity index (χ0) is 10.6. The predicted octanol–water partition coefficient (Wildman–Crippen LogP) is 0.891. The van der Waals surface area contributed by atoms with E-state index in [1.807, 2.05) is 31.1 Å². The first-order chi connectivity index (χ1) is 6.65. The molecule has 0 aliphatic rings. The average molecular weight is 196 g/mol. The van der Waals surface area contributed by atoms with Crippen molar-refractivity contribution in [2.24, 2.45) is 5.90 Å². The first-order valence-corrected chi connectivity index (χ1v) is 4.46. The van der Waals surface area contributed by atoms with Crippen molar-refractivity contribution in [1.29, 1.82) is 0 Å². The van der Waals surface area contributed by atoms with E-state index >= 15 is 0 Å². The lowest BCUT2D eigenvalue weighted by molar-refractivity contribution is 0.141. The maximum Gasteiger partial charge on any atom is 0.119 e. The molecule has 14 heavy (non-hydrogen) atoms. The summed E-state index contributed by atoms with van der Waals surface area (Å²) in [5, 5.41) is 9.53. The molecule has 0 aromatic heterocycles. The van der Waals surface area contributed by atoms with Gasteiger partial charge in [-0.2, -0.15) is 0 Å². The summed E-state index contributed by atoms with van der Waals surface area (Å²) in [6, 6.07) is 5.47. The first kappa shape index (κ1) is 10.8. The van der Waals surface area contributed by atoms with Crippen molar-refractivity contribution in [2.75, 3.05) is 25.6 Å². The molecule has 0 fully saturated rings. The van der Waals surface area contributed by atoms with Crippen LogP contribution in [0.3, 0.4) is 0 Å². The quantitative estimate of drug-likeness (QED) is 0.702. The van der Waals surface area contributed by atoms with Crippen LogP contribution < -0.4 is 10.8 Å². The highest BCUT2D eigenvalue weighted by Gasteiger charge is 2.03. The van der Waals surface area contributed by atoms with E-state index in [1.165, 1.54) is 0 Å². The van der Waals surface area contributed by atoms with E-state index in [0.717, 1.165) is 11.3 Å². The molecule has 0 amide bonds. The van der Waals surface area contributed by atoms with Gasteiger partial charge in [0.1, 0.15) is 5.75 Å². The van der Waals surface area contributed by atoms with Gasteiger partial charge >= 0.3 is 0 Å². The Kier molecular flexibility index (Phi) is 3.73. The summed E-state index contributed by atoms with van der Waals surface area (Å²) in [5.74, 6) is 5.22. The minimum absolute atomic E-state index is 0.285. The van der Waals surface area contributed by atoms with Crippen molar-refractivity contribution in [3.8, 4) is 5.75 Å². The molecular formula is C10H16N2O2. The van der Waals surface area contributed by atoms with Crippen molar-refractivity contribution in [1.82, 2.24) is 0 Å². The number of hydrogen-bond donors (Lipinski definition) is 2. The lowest BCUT2D eigenvalue weighted by Crippen LogP contribution is -2.09. The monoisotopic (exact) mass is 196 g/mol. The molecule has 1 aromatic rings. The largest absolute Gasteiger partial charge is 0.508 e. The molecule has 3 N–H and O–H groups in total. The van der Waals surface area contributed by atoms with Crippen LogP contribution in [0.5, 0.6) is 5.75 Å². The highest BCUT2D eigenvalue weighted by molar-refractivity contribution is 5.51. The van der Waals surface area contributed by atoms with Gasteiger partial charge < -0.3 is 14.8 Å². The van der Waals surface area contributed by atoms with Gasteiger partial charge in [0.05, 0.1) is 6.61 Å². The van der Waals surface area contributed by atoms with Crippen molar-refractivity contribution in [2.45, 2.75) is 6.42 Å². The molecule has 4 nitrogen and oxygen atoms in total. The Balaban J connectivity index is 2.85. The molecule has 0 heterocycles. The van der Waals surface area contributed by atoms with Gasteiger partial charge in [-0.1, -0.05) is 0 Å². The van der Waals surface area contributed by atoms with Crippen LogP contribution in [0.2, 0.25) is 0 Å². The topological polar surface area (TPSA) is 58.7 Å². The number of nitrogens with zero attached hydrogens (tertiary/aromatic N) is 1. The summed E-state index contributed by atoms with van der Waals surface area (Å²) in [4.78, 5) is 6.45. The number of phenols is 1. The fourth-order valence-electron chi connectivity index (χ4n) is 1.22. The Labute approximate surface area is 83.9 Å². The van der Waals surface area contributed by atoms with Crippen molar-refractivity contribution in [3.05, 3.63) is 23.8 Å². The second-order valence-corrected chi connectivity index (χ2v) is 3.33. The average Bonchev–Trinajstić information content (AvgIpc) is 2.16. The van der Waals surface area contributed by atoms with Gasteiger partial charge in [0, 0.05) is 26.2 Å². The van der Waals surface area contributed by atoms with Gasteiger partial charge in [0.2, 0.25) is 0 Å². The Hall–Kier alpha value is -1.26. The fraction of sp³-hybridized carbons (Fsp3) is 0.400. The van der Waals surface area contributed by atoms with Crippen LogP contribution in [0.25, 0.3) is 0 Å². The van der Waals surface area contributed by atoms with Gasteiger partial charge in [-0.15, -0.1) is 0 Å². The first-order valence-electron chi connectivity index (χ1n) is 4.46. The predicted molar refractivity (Wildman–Crippen MR) is 56.3 cm³/mol. The van der Waals surface area contributed by atoms with Crippen LogP contribution in [-0.4, -0.2) is 25.8 Å². The lowest BCUT2D eigenvalue weighted by atomic mass is 10.1. The second kappa shape index (κ2) is 4.83. The standard InChI is InChI=1S/C10H16N2O2/c1-12(2)9-3-4-10(13)8(7-9)5-6-14-11/h3-4,7,13H,5-6,11H2,1-2H3. The minimum Gasteiger partial charge on any atom is -0.508 e. The fourth-order valence-corrected chi connectivity index (χ4v) is 1.22. The molecule has 0 bridgehead atoms. The number of benzene rings is 1. The molecular weight excluding hydrogens is 180 g/mol. The summed E-state index contributed by atoms with van der Waals surface area (Å²) in [5.41, 5.74) is 1.90. The van der Waals surface area contributed by atoms with Crippen LogP contribution in [0.4, 0.5) is 5.69 Å². The smallest absolute Gasteiger partial charge is 0.119 e. The normalized spacial score (nSPS) is 10.2. The Morgan fingerprint density at radius 1 is 1.43 bits per heavy atom. The third-order valence-electron chi connectivity index (χ3n) is 2.07. The van der Waals surface area contributed by atoms with Crippen LogP contribution >= 0.6 is 0 Å². The molecule has 4 heteroatoms. The molecule has 0 spiro atoms. The lowest BCUT2D eigenvalue weighted by Gasteiger charge is -2.14. The SMILES string of the molecule is CN(C)c1ccc(O)c(CCON)c1. The van der Waals surface area contributed by atoms with E-state index in [2.05, 4.69) is 4.84 Å². The number of aromatic hydroxyl groups is 1. The molecule has 1 aromatic carbocycles. The zero-order valence-electron chi connectivity index (χ0n) is 8.53. The molecule has 78 valence electrons. The summed E-state index contributed by atoms with van der Waals surface area (Å²) >= 11 is 0. The third kappa shape index (κ3) is 2.61. The molecule has 1 rings (SSSR count). The van der Waals surface area contributed by atoms with Gasteiger partial charge in [0.15, 0.2) is 0 Å². The summed E-state index contributed by atoms with van der Waals surface area (Å²) < 4.78 is 0. The number of phenolic OH excluding ortho intramolecular Hbond substituents is 1. The zero-order valence-corrected chi connectivity index (χ0v) is 8.53. The highest BCUT2D eigenvalue weighted by Crippen LogP contribution is 2.23. The van der Waals surface area contributed by atoms with Crippen LogP contribution in [0, 0.1) is 0 Å². The molecule has 0 aliphatic carbocycles. The van der Waals surface area contributed by atoms with Gasteiger partial charge in [-0.05, 0) is 23.8 Å². The second-order valence-electron chi connectivity index (χ2n) is 3.33. The number of anilines is 1. The number of hydrogen-bond acceptors (Lipinski definition) is 4. The van der Waals surface area contributed by atoms with Crippen molar-refractivity contribution in [3.63, 3.8) is 0 Å². The molecule has 0 unspecified atom stereocenters. The van der Waals surface area contributed by atoms with E-state index in [9.17, 15) is 5.11 Å². The molecule has 0 aliphatic heterocycles. The van der Waals surface area contributed by atoms with E-state index in [-0.39, 0.29) is 5.75 Å². The summed E-state index contributed by atoms with van der Waals surface area (Å²) in [6.07, 6.45) is 0.615. The van der Waals surface area contributed by atoms with E-state index in [4.69, 9.17) is 5.90 Å². The Bertz CT molecular complexity index is 300. The molecule has 0 radical (unpaired) electrons. The van der Waals surface area contributed by atoms with Crippen LogP contribution in [-0.2, 0) is 11.3 Å². The van der Waals surface area contributed by atoms with E-state index < -0.39 is 0 Å². The third-order valence-corrected chi connectivity index (χ3v) is 2.07. The van der Waals surface area contributed by atoms with E-state index in [0.29, 0.717) is 13.0 Å². The molecule has 0 saturated heterocycles. The Morgan fingerprint density at radius 3 is 2.71 bits per heavy atom. The van der Waals surface area contributed by atoms with Crippen molar-refractivity contribution < 1.29 is 9.94 Å². The van der Waals surface area contributed by atoms with E-state index in [1.54, 1.807) is 6.07 Å². The summed E-state index contributed by atoms with van der Waals surface area (Å²) in [7, 11) is 3.91. The molecule has 0 saturated carbocycles. The van der Waals surface area contributed by atoms with Gasteiger partial charge in [-0.25, -0.2) is 5.90 Å². The maximum absolute atomic E-state index is 9.53. The summed E-state index contributed by atoms with van der Waals surface area (Å²) in [6.45, 7) is 0.407. The number of rotatable bonds is 4. The number of nitrogens with two attached hydrogens (primary N) is 1.